The van der Waals surface area contributed by atoms with Crippen LogP contribution in [0.15, 0.2) is 36.7 Å². The molecule has 0 aliphatic carbocycles. The van der Waals surface area contributed by atoms with E-state index in [1.807, 2.05) is 13.0 Å². The maximum atomic E-state index is 12.9. The van der Waals surface area contributed by atoms with Gasteiger partial charge in [0.15, 0.2) is 5.82 Å². The van der Waals surface area contributed by atoms with E-state index in [0.717, 1.165) is 25.2 Å². The molecule has 2 aromatic rings. The predicted octanol–water partition coefficient (Wildman–Crippen LogP) is 3.79. The number of halogens is 1. The van der Waals surface area contributed by atoms with Crippen molar-refractivity contribution in [3.8, 4) is 0 Å². The summed E-state index contributed by atoms with van der Waals surface area (Å²) in [4.78, 5) is 25.2. The Bertz CT molecular complexity index is 724. The average molecular weight is 346 g/mol. The Morgan fingerprint density at radius 2 is 2.25 bits per heavy atom. The highest BCUT2D eigenvalue weighted by Crippen LogP contribution is 2.34. The maximum Gasteiger partial charge on any atom is 0.327 e. The highest BCUT2D eigenvalue weighted by atomic mass is 35.5. The Labute approximate surface area is 146 Å². The molecule has 7 heteroatoms. The van der Waals surface area contributed by atoms with Crippen molar-refractivity contribution < 1.29 is 4.79 Å². The zero-order valence-electron chi connectivity index (χ0n) is 13.7. The normalized spacial score (nSPS) is 17.2. The van der Waals surface area contributed by atoms with E-state index in [2.05, 4.69) is 27.1 Å². The van der Waals surface area contributed by atoms with Crippen LogP contribution in [0.3, 0.4) is 0 Å². The van der Waals surface area contributed by atoms with Crippen LogP contribution in [0.25, 0.3) is 0 Å². The largest absolute Gasteiger partial charge is 0.369 e. The van der Waals surface area contributed by atoms with Crippen LogP contribution >= 0.6 is 11.6 Å². The summed E-state index contributed by atoms with van der Waals surface area (Å²) < 4.78 is 0. The molecular formula is C17H20ClN5O. The van der Waals surface area contributed by atoms with Crippen LogP contribution in [0.4, 0.5) is 22.0 Å². The van der Waals surface area contributed by atoms with Crippen LogP contribution < -0.4 is 15.1 Å². The zero-order valence-corrected chi connectivity index (χ0v) is 14.5. The van der Waals surface area contributed by atoms with Crippen LogP contribution in [0.1, 0.15) is 20.3 Å². The lowest BCUT2D eigenvalue weighted by atomic mass is 10.2. The van der Waals surface area contributed by atoms with Gasteiger partial charge in [-0.3, -0.25) is 9.88 Å². The number of carbonyl (C=O) groups excluding carboxylic acids is 1. The lowest BCUT2D eigenvalue weighted by molar-refractivity contribution is 0.255. The average Bonchev–Trinajstić information content (AvgIpc) is 2.71. The minimum absolute atomic E-state index is 0.00272. The lowest BCUT2D eigenvalue weighted by Gasteiger charge is -2.27. The van der Waals surface area contributed by atoms with Gasteiger partial charge < -0.3 is 10.2 Å². The maximum absolute atomic E-state index is 12.9. The topological polar surface area (TPSA) is 61.4 Å². The van der Waals surface area contributed by atoms with Crippen molar-refractivity contribution in [2.45, 2.75) is 26.3 Å². The van der Waals surface area contributed by atoms with Crippen molar-refractivity contribution >= 4 is 34.8 Å². The van der Waals surface area contributed by atoms with E-state index in [1.54, 1.807) is 35.5 Å². The van der Waals surface area contributed by atoms with Crippen molar-refractivity contribution in [3.63, 3.8) is 0 Å². The summed E-state index contributed by atoms with van der Waals surface area (Å²) in [5, 5.41) is 3.26. The smallest absolute Gasteiger partial charge is 0.327 e. The first-order valence-electron chi connectivity index (χ1n) is 8.02. The number of amides is 2. The Morgan fingerprint density at radius 3 is 2.96 bits per heavy atom. The number of nitrogens with one attached hydrogen (secondary N) is 1. The minimum Gasteiger partial charge on any atom is -0.369 e. The van der Waals surface area contributed by atoms with E-state index in [4.69, 9.17) is 11.6 Å². The molecule has 0 spiro atoms. The number of nitrogens with zero attached hydrogens (tertiary/aromatic N) is 4. The number of fused-ring (bicyclic) bond motifs is 1. The summed E-state index contributed by atoms with van der Waals surface area (Å²) in [6.07, 6.45) is 4.13. The number of hydrogen-bond donors (Lipinski definition) is 1. The molecular weight excluding hydrogens is 326 g/mol. The number of anilines is 3. The molecule has 3 rings (SSSR count). The molecule has 0 saturated carbocycles. The quantitative estimate of drug-likeness (QED) is 0.841. The Kier molecular flexibility index (Phi) is 4.85. The summed E-state index contributed by atoms with van der Waals surface area (Å²) in [5.41, 5.74) is 1.57. The van der Waals surface area contributed by atoms with Gasteiger partial charge in [0.25, 0.3) is 0 Å². The molecule has 1 N–H and O–H groups in total. The molecule has 24 heavy (non-hydrogen) atoms. The van der Waals surface area contributed by atoms with Crippen LogP contribution in [0.5, 0.6) is 0 Å². The number of rotatable bonds is 2. The molecule has 3 heterocycles. The van der Waals surface area contributed by atoms with E-state index in [9.17, 15) is 4.79 Å². The van der Waals surface area contributed by atoms with Crippen molar-refractivity contribution in [2.75, 3.05) is 28.2 Å². The number of pyridine rings is 2. The highest BCUT2D eigenvalue weighted by Gasteiger charge is 2.30. The van der Waals surface area contributed by atoms with E-state index < -0.39 is 0 Å². The molecule has 0 saturated heterocycles. The molecule has 2 amide bonds. The molecule has 2 aromatic heterocycles. The third-order valence-corrected chi connectivity index (χ3v) is 4.37. The van der Waals surface area contributed by atoms with Gasteiger partial charge in [-0.05, 0) is 44.5 Å². The Morgan fingerprint density at radius 1 is 1.42 bits per heavy atom. The van der Waals surface area contributed by atoms with Gasteiger partial charge in [0.2, 0.25) is 0 Å². The summed E-state index contributed by atoms with van der Waals surface area (Å²) in [6, 6.07) is 7.04. The second-order valence-electron chi connectivity index (χ2n) is 5.74. The lowest BCUT2D eigenvalue weighted by Crippen LogP contribution is -2.42. The van der Waals surface area contributed by atoms with E-state index in [0.29, 0.717) is 16.7 Å². The summed E-state index contributed by atoms with van der Waals surface area (Å²) in [7, 11) is 0. The molecule has 0 aromatic carbocycles. The molecule has 1 aliphatic rings. The van der Waals surface area contributed by atoms with Gasteiger partial charge in [0, 0.05) is 25.3 Å². The zero-order chi connectivity index (χ0) is 17.1. The van der Waals surface area contributed by atoms with E-state index in [-0.39, 0.29) is 12.1 Å². The summed E-state index contributed by atoms with van der Waals surface area (Å²) >= 11 is 6.10. The molecule has 0 fully saturated rings. The van der Waals surface area contributed by atoms with Crippen LogP contribution in [0, 0.1) is 0 Å². The third kappa shape index (κ3) is 3.28. The molecule has 0 radical (unpaired) electrons. The van der Waals surface area contributed by atoms with Gasteiger partial charge in [-0.15, -0.1) is 0 Å². The first kappa shape index (κ1) is 16.5. The first-order valence-corrected chi connectivity index (χ1v) is 8.39. The van der Waals surface area contributed by atoms with Gasteiger partial charge >= 0.3 is 6.03 Å². The first-order chi connectivity index (χ1) is 11.6. The summed E-state index contributed by atoms with van der Waals surface area (Å²) in [6.45, 7) is 5.83. The predicted molar refractivity (Wildman–Crippen MR) is 96.9 cm³/mol. The summed E-state index contributed by atoms with van der Waals surface area (Å²) in [5.74, 6) is 0.593. The fraction of sp³-hybridized carbons (Fsp3) is 0.353. The van der Waals surface area contributed by atoms with E-state index >= 15 is 0 Å². The van der Waals surface area contributed by atoms with Crippen molar-refractivity contribution in [3.05, 3.63) is 41.8 Å². The highest BCUT2D eigenvalue weighted by molar-refractivity contribution is 6.29. The van der Waals surface area contributed by atoms with Gasteiger partial charge in [-0.25, -0.2) is 9.78 Å². The Hall–Kier alpha value is -2.34. The van der Waals surface area contributed by atoms with Crippen molar-refractivity contribution in [1.29, 1.82) is 0 Å². The molecule has 0 unspecified atom stereocenters. The fourth-order valence-corrected chi connectivity index (χ4v) is 3.03. The number of hydrogen-bond acceptors (Lipinski definition) is 4. The number of urea groups is 1. The standard InChI is InChI=1S/C17H20ClN5O/c1-3-22-10-8-12(2)23(16-14(22)6-7-15(18)21-16)17(24)20-13-5-4-9-19-11-13/h4-7,9,11-12H,3,8,10H2,1-2H3,(H,20,24)/t12-/m1/s1. The van der Waals surface area contributed by atoms with Gasteiger partial charge in [0.05, 0.1) is 17.6 Å². The molecule has 0 bridgehead atoms. The van der Waals surface area contributed by atoms with Crippen molar-refractivity contribution in [2.24, 2.45) is 0 Å². The third-order valence-electron chi connectivity index (χ3n) is 4.16. The van der Waals surface area contributed by atoms with Gasteiger partial charge in [-0.2, -0.15) is 0 Å². The second kappa shape index (κ2) is 7.05. The van der Waals surface area contributed by atoms with Crippen LogP contribution in [-0.4, -0.2) is 35.1 Å². The molecule has 6 nitrogen and oxygen atoms in total. The number of carbonyl (C=O) groups is 1. The van der Waals surface area contributed by atoms with E-state index in [1.165, 1.54) is 0 Å². The Balaban J connectivity index is 1.98. The van der Waals surface area contributed by atoms with Crippen LogP contribution in [-0.2, 0) is 0 Å². The monoisotopic (exact) mass is 345 g/mol. The number of aromatic nitrogens is 2. The van der Waals surface area contributed by atoms with Gasteiger partial charge in [-0.1, -0.05) is 11.6 Å². The SMILES string of the molecule is CCN1CC[C@@H](C)N(C(=O)Nc2cccnc2)c2nc(Cl)ccc21. The molecule has 1 aliphatic heterocycles. The fourth-order valence-electron chi connectivity index (χ4n) is 2.89. The molecule has 1 atom stereocenters. The van der Waals surface area contributed by atoms with Crippen molar-refractivity contribution in [1.82, 2.24) is 9.97 Å². The van der Waals surface area contributed by atoms with Gasteiger partial charge in [0.1, 0.15) is 5.15 Å². The van der Waals surface area contributed by atoms with Crippen LogP contribution in [0.2, 0.25) is 5.15 Å². The minimum atomic E-state index is -0.232. The second-order valence-corrected chi connectivity index (χ2v) is 6.12. The molecule has 126 valence electrons.